The summed E-state index contributed by atoms with van der Waals surface area (Å²) < 4.78 is 25.1. The van der Waals surface area contributed by atoms with E-state index in [1.807, 2.05) is 55.5 Å². The maximum absolute atomic E-state index is 14.0. The number of rotatable bonds is 6. The average molecular weight is 499 g/mol. The zero-order valence-electron chi connectivity index (χ0n) is 21.1. The Morgan fingerprint density at radius 1 is 1.08 bits per heavy atom. The summed E-state index contributed by atoms with van der Waals surface area (Å²) in [6, 6.07) is 19.2. The second-order valence-corrected chi connectivity index (χ2v) is 8.90. The lowest BCUT2D eigenvalue weighted by molar-refractivity contribution is 0.244. The highest BCUT2D eigenvalue weighted by Crippen LogP contribution is 2.39. The van der Waals surface area contributed by atoms with Gasteiger partial charge in [0, 0.05) is 11.3 Å². The van der Waals surface area contributed by atoms with Crippen LogP contribution in [0.1, 0.15) is 42.5 Å². The molecule has 2 heterocycles. The number of halogens is 1. The van der Waals surface area contributed by atoms with E-state index < -0.39 is 6.04 Å². The van der Waals surface area contributed by atoms with E-state index >= 15 is 0 Å². The summed E-state index contributed by atoms with van der Waals surface area (Å²) in [5.41, 5.74) is 5.06. The number of methoxy groups -OCH3 is 1. The summed E-state index contributed by atoms with van der Waals surface area (Å²) in [6.07, 6.45) is 0.907. The van der Waals surface area contributed by atoms with Crippen LogP contribution in [0, 0.1) is 12.7 Å². The molecule has 0 saturated heterocycles. The van der Waals surface area contributed by atoms with Crippen LogP contribution in [0.5, 0.6) is 5.75 Å². The Morgan fingerprint density at radius 2 is 1.86 bits per heavy atom. The maximum Gasteiger partial charge on any atom is 0.326 e. The molecule has 1 aliphatic rings. The first-order valence-electron chi connectivity index (χ1n) is 12.0. The van der Waals surface area contributed by atoms with Gasteiger partial charge in [-0.3, -0.25) is 4.90 Å². The fourth-order valence-corrected chi connectivity index (χ4v) is 4.51. The highest BCUT2D eigenvalue weighted by atomic mass is 19.1. The van der Waals surface area contributed by atoms with Crippen molar-refractivity contribution in [1.82, 2.24) is 15.5 Å². The molecule has 0 bridgehead atoms. The number of ether oxygens (including phenoxy) is 1. The topological polar surface area (TPSA) is 80.5 Å². The smallest absolute Gasteiger partial charge is 0.326 e. The van der Waals surface area contributed by atoms with E-state index in [0.29, 0.717) is 34.1 Å². The molecule has 0 radical (unpaired) electrons. The number of carbonyl (C=O) groups is 1. The Morgan fingerprint density at radius 3 is 2.57 bits per heavy atom. The van der Waals surface area contributed by atoms with Gasteiger partial charge in [-0.1, -0.05) is 48.5 Å². The van der Waals surface area contributed by atoms with Crippen LogP contribution in [0.2, 0.25) is 0 Å². The summed E-state index contributed by atoms with van der Waals surface area (Å²) in [5, 5.41) is 7.30. The number of aromatic nitrogens is 2. The van der Waals surface area contributed by atoms with Gasteiger partial charge in [0.25, 0.3) is 5.89 Å². The van der Waals surface area contributed by atoms with Gasteiger partial charge in [0.1, 0.15) is 11.6 Å². The Kier molecular flexibility index (Phi) is 6.48. The van der Waals surface area contributed by atoms with E-state index in [9.17, 15) is 9.18 Å². The number of urea groups is 1. The summed E-state index contributed by atoms with van der Waals surface area (Å²) in [4.78, 5) is 19.6. The molecule has 0 fully saturated rings. The quantitative estimate of drug-likeness (QED) is 0.330. The van der Waals surface area contributed by atoms with Crippen LogP contribution in [-0.4, -0.2) is 23.3 Å². The molecule has 3 aromatic carbocycles. The fraction of sp³-hybridized carbons (Fsp3) is 0.207. The highest BCUT2D eigenvalue weighted by molar-refractivity contribution is 6.01. The summed E-state index contributed by atoms with van der Waals surface area (Å²) in [7, 11) is 1.60. The van der Waals surface area contributed by atoms with Gasteiger partial charge in [-0.15, -0.1) is 0 Å². The Balaban J connectivity index is 1.64. The molecular formula is C29H27FN4O3. The van der Waals surface area contributed by atoms with E-state index in [4.69, 9.17) is 14.2 Å². The number of benzene rings is 3. The van der Waals surface area contributed by atoms with Crippen molar-refractivity contribution in [2.24, 2.45) is 0 Å². The summed E-state index contributed by atoms with van der Waals surface area (Å²) in [6.45, 7) is 5.58. The molecule has 4 aromatic rings. The first kappa shape index (κ1) is 24.2. The van der Waals surface area contributed by atoms with Crippen LogP contribution < -0.4 is 15.0 Å². The van der Waals surface area contributed by atoms with Gasteiger partial charge in [-0.2, -0.15) is 4.98 Å². The van der Waals surface area contributed by atoms with Crippen molar-refractivity contribution in [3.63, 3.8) is 0 Å². The van der Waals surface area contributed by atoms with Crippen molar-refractivity contribution in [1.29, 1.82) is 0 Å². The van der Waals surface area contributed by atoms with Crippen molar-refractivity contribution >= 4 is 17.3 Å². The minimum Gasteiger partial charge on any atom is -0.497 e. The predicted octanol–water partition coefficient (Wildman–Crippen LogP) is 6.46. The molecule has 1 N–H and O–H groups in total. The number of hydrogen-bond donors (Lipinski definition) is 1. The summed E-state index contributed by atoms with van der Waals surface area (Å²) in [5.74, 6) is 1.02. The molecule has 1 unspecified atom stereocenters. The van der Waals surface area contributed by atoms with Crippen molar-refractivity contribution < 1.29 is 18.4 Å². The molecule has 188 valence electrons. The van der Waals surface area contributed by atoms with Gasteiger partial charge in [0.15, 0.2) is 0 Å². The van der Waals surface area contributed by atoms with Crippen LogP contribution in [0.3, 0.4) is 0 Å². The number of nitrogens with zero attached hydrogens (tertiary/aromatic N) is 3. The molecule has 5 rings (SSSR count). The molecule has 0 saturated carbocycles. The fourth-order valence-electron chi connectivity index (χ4n) is 4.51. The minimum absolute atomic E-state index is 0.281. The summed E-state index contributed by atoms with van der Waals surface area (Å²) >= 11 is 0. The number of anilines is 1. The third-order valence-corrected chi connectivity index (χ3v) is 6.59. The molecule has 0 aliphatic carbocycles. The van der Waals surface area contributed by atoms with Gasteiger partial charge in [-0.25, -0.2) is 9.18 Å². The second-order valence-electron chi connectivity index (χ2n) is 8.90. The molecule has 1 aromatic heterocycles. The van der Waals surface area contributed by atoms with E-state index in [1.54, 1.807) is 26.2 Å². The number of allylic oxidation sites excluding steroid dienone is 1. The molecule has 37 heavy (non-hydrogen) atoms. The van der Waals surface area contributed by atoms with Crippen LogP contribution in [0.4, 0.5) is 14.9 Å². The molecule has 8 heteroatoms. The van der Waals surface area contributed by atoms with Gasteiger partial charge in [-0.05, 0) is 67.3 Å². The van der Waals surface area contributed by atoms with E-state index in [2.05, 4.69) is 17.4 Å². The lowest BCUT2D eigenvalue weighted by atomic mass is 9.93. The van der Waals surface area contributed by atoms with Gasteiger partial charge in [0.2, 0.25) is 5.82 Å². The monoisotopic (exact) mass is 498 g/mol. The number of nitrogens with one attached hydrogen (secondary N) is 1. The van der Waals surface area contributed by atoms with Crippen LogP contribution in [0.25, 0.3) is 17.0 Å². The van der Waals surface area contributed by atoms with Gasteiger partial charge in [0.05, 0.1) is 24.4 Å². The van der Waals surface area contributed by atoms with E-state index in [0.717, 1.165) is 17.5 Å². The van der Waals surface area contributed by atoms with Crippen LogP contribution in [-0.2, 0) is 6.42 Å². The number of carbonyl (C=O) groups excluding carboxylic acids is 1. The molecule has 2 amide bonds. The number of amides is 2. The van der Waals surface area contributed by atoms with E-state index in [-0.39, 0.29) is 17.7 Å². The lowest BCUT2D eigenvalue weighted by Crippen LogP contribution is -2.46. The second kappa shape index (κ2) is 9.89. The highest BCUT2D eigenvalue weighted by Gasteiger charge is 2.36. The largest absolute Gasteiger partial charge is 0.497 e. The third-order valence-electron chi connectivity index (χ3n) is 6.59. The van der Waals surface area contributed by atoms with Gasteiger partial charge < -0.3 is 14.6 Å². The number of hydrogen-bond acceptors (Lipinski definition) is 5. The van der Waals surface area contributed by atoms with Crippen molar-refractivity contribution in [3.8, 4) is 17.1 Å². The zero-order chi connectivity index (χ0) is 26.1. The standard InChI is InChI=1S/C29H27FN4O3/c1-5-19-9-11-20(12-10-19)26-25(28-32-27(33-37-28)21-7-6-8-23(16-21)36-4)18(3)34(29(35)31-26)22-13-14-24(30)17(2)15-22/h6-16,26H,5H2,1-4H3,(H,31,35). The molecule has 1 atom stereocenters. The van der Waals surface area contributed by atoms with E-state index in [1.165, 1.54) is 16.5 Å². The Bertz CT molecular complexity index is 1490. The Hall–Kier alpha value is -4.46. The van der Waals surface area contributed by atoms with Crippen molar-refractivity contribution in [3.05, 3.63) is 101 Å². The van der Waals surface area contributed by atoms with Crippen LogP contribution >= 0.6 is 0 Å². The molecule has 1 aliphatic heterocycles. The first-order valence-corrected chi connectivity index (χ1v) is 12.0. The zero-order valence-corrected chi connectivity index (χ0v) is 21.1. The molecule has 7 nitrogen and oxygen atoms in total. The normalized spacial score (nSPS) is 15.6. The Labute approximate surface area is 214 Å². The van der Waals surface area contributed by atoms with Crippen molar-refractivity contribution in [2.75, 3.05) is 12.0 Å². The first-order chi connectivity index (χ1) is 17.9. The average Bonchev–Trinajstić information content (AvgIpc) is 3.40. The number of aryl methyl sites for hydroxylation is 2. The third kappa shape index (κ3) is 4.58. The van der Waals surface area contributed by atoms with Crippen LogP contribution in [0.15, 0.2) is 77.0 Å². The van der Waals surface area contributed by atoms with Gasteiger partial charge >= 0.3 is 6.03 Å². The molecule has 0 spiro atoms. The molecular weight excluding hydrogens is 471 g/mol. The predicted molar refractivity (Wildman–Crippen MR) is 140 cm³/mol. The maximum atomic E-state index is 14.0. The SMILES string of the molecule is CCc1ccc(C2NC(=O)N(c3ccc(F)c(C)c3)C(C)=C2c2nc(-c3cccc(OC)c3)no2)cc1. The lowest BCUT2D eigenvalue weighted by Gasteiger charge is -2.35. The van der Waals surface area contributed by atoms with Crippen molar-refractivity contribution in [2.45, 2.75) is 33.2 Å². The minimum atomic E-state index is -0.519.